The highest BCUT2D eigenvalue weighted by molar-refractivity contribution is 5.74. The van der Waals surface area contributed by atoms with Crippen LogP contribution in [0.4, 0.5) is 13.2 Å². The predicted molar refractivity (Wildman–Crippen MR) is 48.2 cm³/mol. The molecule has 0 aliphatic rings. The molecule has 0 saturated heterocycles. The number of fused-ring (bicyclic) bond motifs is 1. The SMILES string of the molecule is Cc1cc(C(F)(F)F)nc2c1ncn2C. The summed E-state index contributed by atoms with van der Waals surface area (Å²) >= 11 is 0. The highest BCUT2D eigenvalue weighted by atomic mass is 19.4. The molecule has 2 rings (SSSR count). The van der Waals surface area contributed by atoms with Gasteiger partial charge in [-0.1, -0.05) is 0 Å². The third kappa shape index (κ3) is 1.55. The molecule has 15 heavy (non-hydrogen) atoms. The lowest BCUT2D eigenvalue weighted by molar-refractivity contribution is -0.141. The van der Waals surface area contributed by atoms with E-state index in [4.69, 9.17) is 0 Å². The van der Waals surface area contributed by atoms with Gasteiger partial charge in [-0.15, -0.1) is 0 Å². The van der Waals surface area contributed by atoms with Gasteiger partial charge in [0.1, 0.15) is 11.2 Å². The molecular weight excluding hydrogens is 207 g/mol. The largest absolute Gasteiger partial charge is 0.433 e. The summed E-state index contributed by atoms with van der Waals surface area (Å²) in [5, 5.41) is 0. The molecule has 0 bridgehead atoms. The summed E-state index contributed by atoms with van der Waals surface area (Å²) in [7, 11) is 1.61. The van der Waals surface area contributed by atoms with Crippen molar-refractivity contribution < 1.29 is 13.2 Å². The predicted octanol–water partition coefficient (Wildman–Crippen LogP) is 2.30. The van der Waals surface area contributed by atoms with E-state index < -0.39 is 11.9 Å². The maximum atomic E-state index is 12.4. The molecule has 0 aliphatic carbocycles. The lowest BCUT2D eigenvalue weighted by atomic mass is 10.2. The van der Waals surface area contributed by atoms with Gasteiger partial charge in [0.15, 0.2) is 5.65 Å². The Morgan fingerprint density at radius 3 is 2.60 bits per heavy atom. The number of pyridine rings is 1. The molecular formula is C9H8F3N3. The standard InChI is InChI=1S/C9H8F3N3/c1-5-3-6(9(10,11)12)14-8-7(5)13-4-15(8)2/h3-4H,1-2H3. The van der Waals surface area contributed by atoms with Crippen molar-refractivity contribution in [2.45, 2.75) is 13.1 Å². The second-order valence-electron chi connectivity index (χ2n) is 3.35. The minimum Gasteiger partial charge on any atom is -0.318 e. The van der Waals surface area contributed by atoms with E-state index in [1.807, 2.05) is 0 Å². The fourth-order valence-electron chi connectivity index (χ4n) is 1.40. The molecule has 0 atom stereocenters. The summed E-state index contributed by atoms with van der Waals surface area (Å²) < 4.78 is 38.8. The minimum atomic E-state index is -4.41. The summed E-state index contributed by atoms with van der Waals surface area (Å²) in [5.74, 6) is 0. The Morgan fingerprint density at radius 2 is 2.00 bits per heavy atom. The Hall–Kier alpha value is -1.59. The molecule has 6 heteroatoms. The molecule has 0 aromatic carbocycles. The maximum Gasteiger partial charge on any atom is 0.433 e. The number of imidazole rings is 1. The topological polar surface area (TPSA) is 30.7 Å². The first-order valence-electron chi connectivity index (χ1n) is 4.25. The third-order valence-electron chi connectivity index (χ3n) is 2.15. The summed E-state index contributed by atoms with van der Waals surface area (Å²) in [5.41, 5.74) is 0.358. The minimum absolute atomic E-state index is 0.252. The average Bonchev–Trinajstić information content (AvgIpc) is 2.47. The molecule has 2 heterocycles. The number of nitrogens with zero attached hydrogens (tertiary/aromatic N) is 3. The monoisotopic (exact) mass is 215 g/mol. The Morgan fingerprint density at radius 1 is 1.33 bits per heavy atom. The molecule has 0 aliphatic heterocycles. The van der Waals surface area contributed by atoms with Crippen LogP contribution in [0, 0.1) is 6.92 Å². The zero-order chi connectivity index (χ0) is 11.2. The first-order chi connectivity index (χ1) is 6.89. The third-order valence-corrected chi connectivity index (χ3v) is 2.15. The van der Waals surface area contributed by atoms with Gasteiger partial charge in [-0.3, -0.25) is 0 Å². The Labute approximate surface area is 83.6 Å². The molecule has 80 valence electrons. The molecule has 2 aromatic heterocycles. The number of hydrogen-bond donors (Lipinski definition) is 0. The highest BCUT2D eigenvalue weighted by Gasteiger charge is 2.33. The van der Waals surface area contributed by atoms with E-state index >= 15 is 0 Å². The van der Waals surface area contributed by atoms with Crippen molar-refractivity contribution in [3.63, 3.8) is 0 Å². The van der Waals surface area contributed by atoms with E-state index in [1.54, 1.807) is 14.0 Å². The maximum absolute atomic E-state index is 12.4. The van der Waals surface area contributed by atoms with Crippen molar-refractivity contribution in [3.05, 3.63) is 23.7 Å². The normalized spacial score (nSPS) is 12.3. The van der Waals surface area contributed by atoms with Gasteiger partial charge in [0.05, 0.1) is 6.33 Å². The number of hydrogen-bond acceptors (Lipinski definition) is 2. The number of alkyl halides is 3. The van der Waals surface area contributed by atoms with Crippen LogP contribution >= 0.6 is 0 Å². The van der Waals surface area contributed by atoms with Gasteiger partial charge < -0.3 is 4.57 Å². The fourth-order valence-corrected chi connectivity index (χ4v) is 1.40. The quantitative estimate of drug-likeness (QED) is 0.675. The van der Waals surface area contributed by atoms with Gasteiger partial charge in [0, 0.05) is 7.05 Å². The van der Waals surface area contributed by atoms with Gasteiger partial charge in [0.25, 0.3) is 0 Å². The Balaban J connectivity index is 2.76. The molecule has 0 fully saturated rings. The van der Waals surface area contributed by atoms with Crippen LogP contribution in [0.1, 0.15) is 11.3 Å². The second-order valence-corrected chi connectivity index (χ2v) is 3.35. The molecule has 0 N–H and O–H groups in total. The van der Waals surface area contributed by atoms with Crippen LogP contribution in [-0.4, -0.2) is 14.5 Å². The van der Waals surface area contributed by atoms with Crippen LogP contribution in [0.5, 0.6) is 0 Å². The van der Waals surface area contributed by atoms with Crippen LogP contribution in [0.15, 0.2) is 12.4 Å². The molecule has 3 nitrogen and oxygen atoms in total. The molecule has 0 unspecified atom stereocenters. The van der Waals surface area contributed by atoms with Crippen molar-refractivity contribution >= 4 is 11.2 Å². The van der Waals surface area contributed by atoms with Crippen molar-refractivity contribution in [3.8, 4) is 0 Å². The van der Waals surface area contributed by atoms with E-state index in [9.17, 15) is 13.2 Å². The summed E-state index contributed by atoms with van der Waals surface area (Å²) in [6.07, 6.45) is -2.96. The second kappa shape index (κ2) is 2.95. The van der Waals surface area contributed by atoms with Crippen molar-refractivity contribution in [2.24, 2.45) is 7.05 Å². The molecule has 0 saturated carbocycles. The number of aryl methyl sites for hydroxylation is 2. The molecule has 0 amide bonds. The van der Waals surface area contributed by atoms with Crippen LogP contribution in [0.2, 0.25) is 0 Å². The van der Waals surface area contributed by atoms with E-state index in [1.165, 1.54) is 10.9 Å². The van der Waals surface area contributed by atoms with Crippen molar-refractivity contribution in [1.82, 2.24) is 14.5 Å². The van der Waals surface area contributed by atoms with Gasteiger partial charge in [0.2, 0.25) is 0 Å². The first-order valence-corrected chi connectivity index (χ1v) is 4.25. The van der Waals surface area contributed by atoms with Gasteiger partial charge >= 0.3 is 6.18 Å². The molecule has 2 aromatic rings. The van der Waals surface area contributed by atoms with Crippen molar-refractivity contribution in [1.29, 1.82) is 0 Å². The van der Waals surface area contributed by atoms with E-state index in [2.05, 4.69) is 9.97 Å². The summed E-state index contributed by atoms with van der Waals surface area (Å²) in [6.45, 7) is 1.59. The van der Waals surface area contributed by atoms with Gasteiger partial charge in [-0.2, -0.15) is 13.2 Å². The lowest BCUT2D eigenvalue weighted by Gasteiger charge is -2.07. The smallest absolute Gasteiger partial charge is 0.318 e. The number of aromatic nitrogens is 3. The van der Waals surface area contributed by atoms with Crippen molar-refractivity contribution in [2.75, 3.05) is 0 Å². The molecule has 0 radical (unpaired) electrons. The summed E-state index contributed by atoms with van der Waals surface area (Å²) in [4.78, 5) is 7.52. The van der Waals surface area contributed by atoms with E-state index in [0.717, 1.165) is 6.07 Å². The zero-order valence-electron chi connectivity index (χ0n) is 8.13. The average molecular weight is 215 g/mol. The first kappa shape index (κ1) is 9.95. The van der Waals surface area contributed by atoms with Crippen LogP contribution in [0.3, 0.4) is 0 Å². The highest BCUT2D eigenvalue weighted by Crippen LogP contribution is 2.30. The van der Waals surface area contributed by atoms with Crippen LogP contribution < -0.4 is 0 Å². The number of halogens is 3. The van der Waals surface area contributed by atoms with Crippen LogP contribution in [-0.2, 0) is 13.2 Å². The Kier molecular flexibility index (Phi) is 1.95. The van der Waals surface area contributed by atoms with Gasteiger partial charge in [-0.05, 0) is 18.6 Å². The summed E-state index contributed by atoms with van der Waals surface area (Å²) in [6, 6.07) is 1.01. The lowest BCUT2D eigenvalue weighted by Crippen LogP contribution is -2.09. The van der Waals surface area contributed by atoms with E-state index in [0.29, 0.717) is 11.1 Å². The van der Waals surface area contributed by atoms with Crippen LogP contribution in [0.25, 0.3) is 11.2 Å². The zero-order valence-corrected chi connectivity index (χ0v) is 8.13. The number of rotatable bonds is 0. The molecule has 0 spiro atoms. The Bertz CT molecular complexity index is 513. The van der Waals surface area contributed by atoms with Gasteiger partial charge in [-0.25, -0.2) is 9.97 Å². The van der Waals surface area contributed by atoms with E-state index in [-0.39, 0.29) is 5.65 Å². The fraction of sp³-hybridized carbons (Fsp3) is 0.333.